The average Bonchev–Trinajstić information content (AvgIpc) is 2.70. The summed E-state index contributed by atoms with van der Waals surface area (Å²) in [6.45, 7) is 7.01. The van der Waals surface area contributed by atoms with E-state index in [9.17, 15) is 13.2 Å². The summed E-state index contributed by atoms with van der Waals surface area (Å²) in [6.07, 6.45) is 6.55. The SMILES string of the molecule is CC(C)(C)NC[C@H]1CC[C@@H]2[C@H](O1)c1cc(C(F)(F)F)ccc1N[C@H]2C1C=CC=CC1. The Labute approximate surface area is 176 Å². The predicted molar refractivity (Wildman–Crippen MR) is 113 cm³/mol. The molecule has 0 aromatic heterocycles. The highest BCUT2D eigenvalue weighted by atomic mass is 19.4. The highest BCUT2D eigenvalue weighted by Gasteiger charge is 2.45. The lowest BCUT2D eigenvalue weighted by atomic mass is 9.73. The van der Waals surface area contributed by atoms with Gasteiger partial charge in [-0.15, -0.1) is 0 Å². The standard InChI is InChI=1S/C24H31F3N2O/c1-23(2,3)28-14-17-10-11-18-21(15-7-5-4-6-8-15)29-20-12-9-16(24(25,26)27)13-19(20)22(18)30-17/h4-7,9,12-13,15,17-18,21-22,28-29H,8,10-11,14H2,1-3H3/t15?,17-,18+,21+,22+/m1/s1. The number of alkyl halides is 3. The van der Waals surface area contributed by atoms with Crippen LogP contribution in [0.4, 0.5) is 18.9 Å². The predicted octanol–water partition coefficient (Wildman–Crippen LogP) is 5.86. The molecular weight excluding hydrogens is 389 g/mol. The molecule has 0 saturated carbocycles. The van der Waals surface area contributed by atoms with Gasteiger partial charge in [-0.2, -0.15) is 13.2 Å². The Morgan fingerprint density at radius 3 is 2.60 bits per heavy atom. The number of rotatable bonds is 3. The maximum atomic E-state index is 13.4. The van der Waals surface area contributed by atoms with Gasteiger partial charge in [0, 0.05) is 41.2 Å². The van der Waals surface area contributed by atoms with E-state index >= 15 is 0 Å². The largest absolute Gasteiger partial charge is 0.416 e. The smallest absolute Gasteiger partial charge is 0.381 e. The molecule has 3 aliphatic rings. The third kappa shape index (κ3) is 4.59. The van der Waals surface area contributed by atoms with Crippen LogP contribution in [-0.4, -0.2) is 24.2 Å². The second kappa shape index (κ2) is 8.04. The molecule has 6 heteroatoms. The van der Waals surface area contributed by atoms with E-state index in [4.69, 9.17) is 4.74 Å². The van der Waals surface area contributed by atoms with E-state index in [1.54, 1.807) is 6.07 Å². The first-order valence-electron chi connectivity index (χ1n) is 10.8. The fraction of sp³-hybridized carbons (Fsp3) is 0.583. The van der Waals surface area contributed by atoms with Gasteiger partial charge in [0.15, 0.2) is 0 Å². The van der Waals surface area contributed by atoms with E-state index in [-0.39, 0.29) is 29.7 Å². The molecule has 1 fully saturated rings. The van der Waals surface area contributed by atoms with Gasteiger partial charge < -0.3 is 15.4 Å². The van der Waals surface area contributed by atoms with Crippen molar-refractivity contribution in [3.63, 3.8) is 0 Å². The molecule has 4 rings (SSSR count). The van der Waals surface area contributed by atoms with Gasteiger partial charge in [0.25, 0.3) is 0 Å². The summed E-state index contributed by atoms with van der Waals surface area (Å²) >= 11 is 0. The summed E-state index contributed by atoms with van der Waals surface area (Å²) in [4.78, 5) is 0. The number of allylic oxidation sites excluding steroid dienone is 3. The molecule has 0 spiro atoms. The molecule has 2 aliphatic heterocycles. The number of hydrogen-bond acceptors (Lipinski definition) is 3. The molecule has 164 valence electrons. The number of fused-ring (bicyclic) bond motifs is 3. The average molecular weight is 421 g/mol. The Balaban J connectivity index is 1.64. The highest BCUT2D eigenvalue weighted by molar-refractivity contribution is 5.58. The normalized spacial score (nSPS) is 31.1. The first-order valence-corrected chi connectivity index (χ1v) is 10.8. The van der Waals surface area contributed by atoms with E-state index < -0.39 is 11.7 Å². The number of anilines is 1. The second-order valence-electron chi connectivity index (χ2n) is 9.73. The molecule has 1 unspecified atom stereocenters. The Morgan fingerprint density at radius 1 is 1.13 bits per heavy atom. The van der Waals surface area contributed by atoms with E-state index in [2.05, 4.69) is 49.6 Å². The molecule has 2 heterocycles. The molecule has 1 aliphatic carbocycles. The van der Waals surface area contributed by atoms with Crippen molar-refractivity contribution in [2.45, 2.75) is 70.0 Å². The van der Waals surface area contributed by atoms with Crippen molar-refractivity contribution in [1.82, 2.24) is 5.32 Å². The molecule has 5 atom stereocenters. The fourth-order valence-electron chi connectivity index (χ4n) is 4.83. The third-order valence-electron chi connectivity index (χ3n) is 6.35. The lowest BCUT2D eigenvalue weighted by Gasteiger charge is -2.48. The van der Waals surface area contributed by atoms with Crippen molar-refractivity contribution in [1.29, 1.82) is 0 Å². The van der Waals surface area contributed by atoms with Gasteiger partial charge in [0.2, 0.25) is 0 Å². The van der Waals surface area contributed by atoms with Crippen molar-refractivity contribution >= 4 is 5.69 Å². The molecule has 30 heavy (non-hydrogen) atoms. The van der Waals surface area contributed by atoms with E-state index in [0.717, 1.165) is 24.9 Å². The lowest BCUT2D eigenvalue weighted by Crippen LogP contribution is -2.49. The van der Waals surface area contributed by atoms with Crippen molar-refractivity contribution in [3.05, 3.63) is 53.6 Å². The van der Waals surface area contributed by atoms with Gasteiger partial charge >= 0.3 is 6.18 Å². The molecular formula is C24H31F3N2O. The second-order valence-corrected chi connectivity index (χ2v) is 9.73. The van der Waals surface area contributed by atoms with Gasteiger partial charge in [-0.3, -0.25) is 0 Å². The maximum absolute atomic E-state index is 13.4. The Morgan fingerprint density at radius 2 is 1.93 bits per heavy atom. The monoisotopic (exact) mass is 420 g/mol. The number of benzene rings is 1. The number of halogens is 3. The van der Waals surface area contributed by atoms with Crippen LogP contribution in [0.2, 0.25) is 0 Å². The van der Waals surface area contributed by atoms with Crippen LogP contribution in [0.15, 0.2) is 42.5 Å². The van der Waals surface area contributed by atoms with Crippen LogP contribution in [0, 0.1) is 11.8 Å². The summed E-state index contributed by atoms with van der Waals surface area (Å²) in [7, 11) is 0. The van der Waals surface area contributed by atoms with E-state index in [1.807, 2.05) is 6.08 Å². The quantitative estimate of drug-likeness (QED) is 0.643. The van der Waals surface area contributed by atoms with Crippen LogP contribution < -0.4 is 10.6 Å². The van der Waals surface area contributed by atoms with Gasteiger partial charge in [0.05, 0.1) is 17.8 Å². The van der Waals surface area contributed by atoms with E-state index in [0.29, 0.717) is 18.0 Å². The molecule has 0 amide bonds. The topological polar surface area (TPSA) is 33.3 Å². The minimum absolute atomic E-state index is 0.00610. The molecule has 1 saturated heterocycles. The first kappa shape index (κ1) is 21.4. The number of ether oxygens (including phenoxy) is 1. The molecule has 2 N–H and O–H groups in total. The number of hydrogen-bond donors (Lipinski definition) is 2. The summed E-state index contributed by atoms with van der Waals surface area (Å²) in [5, 5.41) is 7.05. The van der Waals surface area contributed by atoms with Crippen LogP contribution in [0.25, 0.3) is 0 Å². The van der Waals surface area contributed by atoms with Gasteiger partial charge in [-0.05, 0) is 58.2 Å². The zero-order valence-corrected chi connectivity index (χ0v) is 17.8. The molecule has 3 nitrogen and oxygen atoms in total. The zero-order valence-electron chi connectivity index (χ0n) is 17.8. The van der Waals surface area contributed by atoms with Crippen molar-refractivity contribution in [3.8, 4) is 0 Å². The van der Waals surface area contributed by atoms with Gasteiger partial charge in [-0.25, -0.2) is 0 Å². The fourth-order valence-corrected chi connectivity index (χ4v) is 4.83. The maximum Gasteiger partial charge on any atom is 0.416 e. The highest BCUT2D eigenvalue weighted by Crippen LogP contribution is 2.49. The minimum Gasteiger partial charge on any atom is -0.381 e. The summed E-state index contributed by atoms with van der Waals surface area (Å²) in [6, 6.07) is 4.18. The van der Waals surface area contributed by atoms with Gasteiger partial charge in [0.1, 0.15) is 0 Å². The number of nitrogens with one attached hydrogen (secondary N) is 2. The summed E-state index contributed by atoms with van der Waals surface area (Å²) in [5.41, 5.74) is 0.764. The third-order valence-corrected chi connectivity index (χ3v) is 6.35. The van der Waals surface area contributed by atoms with Crippen molar-refractivity contribution in [2.24, 2.45) is 11.8 Å². The Hall–Kier alpha value is -1.79. The van der Waals surface area contributed by atoms with Crippen LogP contribution >= 0.6 is 0 Å². The van der Waals surface area contributed by atoms with Gasteiger partial charge in [-0.1, -0.05) is 24.3 Å². The van der Waals surface area contributed by atoms with Crippen LogP contribution in [0.3, 0.4) is 0 Å². The Bertz CT molecular complexity index is 825. The summed E-state index contributed by atoms with van der Waals surface area (Å²) in [5.74, 6) is 0.457. The molecule has 1 aromatic rings. The minimum atomic E-state index is -4.36. The molecule has 1 aromatic carbocycles. The van der Waals surface area contributed by atoms with Crippen LogP contribution in [0.5, 0.6) is 0 Å². The lowest BCUT2D eigenvalue weighted by molar-refractivity contribution is -0.138. The van der Waals surface area contributed by atoms with E-state index in [1.165, 1.54) is 12.1 Å². The summed E-state index contributed by atoms with van der Waals surface area (Å²) < 4.78 is 46.7. The Kier molecular flexibility index (Phi) is 5.75. The van der Waals surface area contributed by atoms with Crippen LogP contribution in [0.1, 0.15) is 57.3 Å². The van der Waals surface area contributed by atoms with Crippen molar-refractivity contribution < 1.29 is 17.9 Å². The first-order chi connectivity index (χ1) is 14.1. The van der Waals surface area contributed by atoms with Crippen LogP contribution in [-0.2, 0) is 10.9 Å². The van der Waals surface area contributed by atoms with Crippen molar-refractivity contribution in [2.75, 3.05) is 11.9 Å². The molecule has 0 radical (unpaired) electrons. The molecule has 0 bridgehead atoms. The zero-order chi connectivity index (χ0) is 21.5.